The lowest BCUT2D eigenvalue weighted by atomic mass is 10.1. The molecule has 1 aromatic carbocycles. The number of ether oxygens (including phenoxy) is 3. The molecule has 2 atom stereocenters. The first-order valence-electron chi connectivity index (χ1n) is 7.30. The second-order valence-corrected chi connectivity index (χ2v) is 4.79. The van der Waals surface area contributed by atoms with Crippen molar-refractivity contribution in [1.82, 2.24) is 0 Å². The molecule has 0 fully saturated rings. The normalized spacial score (nSPS) is 12.6. The molecule has 7 heteroatoms. The van der Waals surface area contributed by atoms with Crippen LogP contribution in [0.5, 0.6) is 0 Å². The van der Waals surface area contributed by atoms with E-state index in [4.69, 9.17) is 9.47 Å². The Morgan fingerprint density at radius 1 is 1.21 bits per heavy atom. The predicted molar refractivity (Wildman–Crippen MR) is 84.4 cm³/mol. The Balaban J connectivity index is 2.73. The fourth-order valence-corrected chi connectivity index (χ4v) is 1.93. The lowest BCUT2D eigenvalue weighted by molar-refractivity contribution is -0.150. The van der Waals surface area contributed by atoms with Crippen LogP contribution in [-0.4, -0.2) is 48.9 Å². The molecule has 1 N–H and O–H groups in total. The van der Waals surface area contributed by atoms with Gasteiger partial charge in [0, 0.05) is 6.08 Å². The lowest BCUT2D eigenvalue weighted by Gasteiger charge is -2.21. The number of methoxy groups -OCH3 is 1. The molecule has 0 heterocycles. The molecule has 0 bridgehead atoms. The van der Waals surface area contributed by atoms with Crippen LogP contribution in [0, 0.1) is 0 Å². The van der Waals surface area contributed by atoms with E-state index in [1.54, 1.807) is 19.1 Å². The Hall–Kier alpha value is -2.67. The van der Waals surface area contributed by atoms with Crippen LogP contribution in [0.4, 0.5) is 0 Å². The zero-order valence-electron chi connectivity index (χ0n) is 13.6. The fraction of sp³-hybridized carbons (Fsp3) is 0.353. The Bertz CT molecular complexity index is 609. The maximum Gasteiger partial charge on any atom is 0.339 e. The van der Waals surface area contributed by atoms with Crippen molar-refractivity contribution in [3.05, 3.63) is 48.0 Å². The van der Waals surface area contributed by atoms with E-state index in [2.05, 4.69) is 11.3 Å². The van der Waals surface area contributed by atoms with Crippen molar-refractivity contribution in [2.24, 2.45) is 0 Å². The summed E-state index contributed by atoms with van der Waals surface area (Å²) in [7, 11) is 1.20. The van der Waals surface area contributed by atoms with Gasteiger partial charge in [-0.3, -0.25) is 0 Å². The van der Waals surface area contributed by atoms with E-state index in [1.165, 1.54) is 19.2 Å². The summed E-state index contributed by atoms with van der Waals surface area (Å²) in [5.41, 5.74) is 0.0808. The Morgan fingerprint density at radius 2 is 1.79 bits per heavy atom. The molecule has 0 aliphatic carbocycles. The van der Waals surface area contributed by atoms with E-state index in [0.717, 1.165) is 6.08 Å². The van der Waals surface area contributed by atoms with E-state index in [0.29, 0.717) is 6.42 Å². The lowest BCUT2D eigenvalue weighted by Crippen LogP contribution is -2.35. The second kappa shape index (κ2) is 9.46. The van der Waals surface area contributed by atoms with Crippen LogP contribution >= 0.6 is 0 Å². The highest BCUT2D eigenvalue weighted by molar-refractivity contribution is 6.03. The highest BCUT2D eigenvalue weighted by Gasteiger charge is 2.24. The zero-order valence-corrected chi connectivity index (χ0v) is 13.6. The predicted octanol–water partition coefficient (Wildman–Crippen LogP) is 1.50. The third-order valence-corrected chi connectivity index (χ3v) is 3.20. The third-order valence-electron chi connectivity index (χ3n) is 3.20. The first-order chi connectivity index (χ1) is 11.4. The van der Waals surface area contributed by atoms with Crippen LogP contribution in [0.1, 0.15) is 34.1 Å². The molecule has 0 saturated heterocycles. The molecule has 0 aromatic heterocycles. The average Bonchev–Trinajstić information content (AvgIpc) is 2.62. The second-order valence-electron chi connectivity index (χ2n) is 4.79. The summed E-state index contributed by atoms with van der Waals surface area (Å²) in [6.45, 7) is 4.59. The van der Waals surface area contributed by atoms with Gasteiger partial charge in [-0.05, 0) is 18.6 Å². The van der Waals surface area contributed by atoms with Crippen molar-refractivity contribution in [3.63, 3.8) is 0 Å². The van der Waals surface area contributed by atoms with Crippen molar-refractivity contribution in [2.75, 3.05) is 13.7 Å². The summed E-state index contributed by atoms with van der Waals surface area (Å²) in [6, 6.07) is 6.00. The molecule has 0 aliphatic heterocycles. The molecule has 24 heavy (non-hydrogen) atoms. The minimum Gasteiger partial charge on any atom is -0.465 e. The van der Waals surface area contributed by atoms with Crippen LogP contribution in [0.2, 0.25) is 0 Å². The summed E-state index contributed by atoms with van der Waals surface area (Å²) >= 11 is 0. The van der Waals surface area contributed by atoms with Gasteiger partial charge in [-0.25, -0.2) is 14.4 Å². The number of rotatable bonds is 8. The van der Waals surface area contributed by atoms with Crippen LogP contribution < -0.4 is 0 Å². The van der Waals surface area contributed by atoms with Gasteiger partial charge in [0.05, 0.1) is 18.2 Å². The maximum absolute atomic E-state index is 12.1. The maximum atomic E-state index is 12.1. The Morgan fingerprint density at radius 3 is 2.29 bits per heavy atom. The zero-order chi connectivity index (χ0) is 18.1. The van der Waals surface area contributed by atoms with Gasteiger partial charge in [0.1, 0.15) is 18.8 Å². The molecule has 1 aromatic rings. The molecule has 0 aliphatic rings. The number of carbonyl (C=O) groups is 3. The van der Waals surface area contributed by atoms with Crippen molar-refractivity contribution in [1.29, 1.82) is 0 Å². The SMILES string of the molecule is C=CC(=O)OC(CC)C(O)COC(=O)c1ccccc1C(=O)OC. The first kappa shape index (κ1) is 19.4. The average molecular weight is 336 g/mol. The summed E-state index contributed by atoms with van der Waals surface area (Å²) in [5.74, 6) is -2.14. The van der Waals surface area contributed by atoms with Crippen LogP contribution in [0.15, 0.2) is 36.9 Å². The van der Waals surface area contributed by atoms with Gasteiger partial charge >= 0.3 is 17.9 Å². The number of aliphatic hydroxyl groups excluding tert-OH is 1. The smallest absolute Gasteiger partial charge is 0.339 e. The molecular formula is C17H20O7. The number of hydrogen-bond donors (Lipinski definition) is 1. The Labute approximate surface area is 139 Å². The van der Waals surface area contributed by atoms with E-state index >= 15 is 0 Å². The van der Waals surface area contributed by atoms with Gasteiger partial charge in [0.25, 0.3) is 0 Å². The van der Waals surface area contributed by atoms with Crippen molar-refractivity contribution in [2.45, 2.75) is 25.6 Å². The third kappa shape index (κ3) is 5.20. The largest absolute Gasteiger partial charge is 0.465 e. The van der Waals surface area contributed by atoms with Gasteiger partial charge in [-0.15, -0.1) is 0 Å². The summed E-state index contributed by atoms with van der Waals surface area (Å²) in [4.78, 5) is 34.9. The molecule has 0 amide bonds. The number of benzene rings is 1. The summed E-state index contributed by atoms with van der Waals surface area (Å²) in [5, 5.41) is 9.99. The number of aliphatic hydroxyl groups is 1. The molecule has 130 valence electrons. The van der Waals surface area contributed by atoms with Crippen LogP contribution in [-0.2, 0) is 19.0 Å². The van der Waals surface area contributed by atoms with Gasteiger partial charge < -0.3 is 19.3 Å². The number of esters is 3. The molecular weight excluding hydrogens is 316 g/mol. The molecule has 0 saturated carbocycles. The van der Waals surface area contributed by atoms with Crippen LogP contribution in [0.3, 0.4) is 0 Å². The van der Waals surface area contributed by atoms with Gasteiger partial charge in [0.2, 0.25) is 0 Å². The minimum absolute atomic E-state index is 0.0210. The summed E-state index contributed by atoms with van der Waals surface area (Å²) in [6.07, 6.45) is -0.724. The van der Waals surface area contributed by atoms with Crippen molar-refractivity contribution in [3.8, 4) is 0 Å². The highest BCUT2D eigenvalue weighted by atomic mass is 16.6. The first-order valence-corrected chi connectivity index (χ1v) is 7.30. The standard InChI is InChI=1S/C17H20O7/c1-4-14(24-15(19)5-2)13(18)10-23-17(21)12-9-7-6-8-11(12)16(20)22-3/h5-9,13-14,18H,2,4,10H2,1,3H3. The number of hydrogen-bond acceptors (Lipinski definition) is 7. The monoisotopic (exact) mass is 336 g/mol. The molecule has 0 spiro atoms. The van der Waals surface area contributed by atoms with Crippen molar-refractivity contribution < 1.29 is 33.7 Å². The molecule has 1 rings (SSSR count). The van der Waals surface area contributed by atoms with E-state index < -0.39 is 36.7 Å². The molecule has 2 unspecified atom stereocenters. The van der Waals surface area contributed by atoms with Gasteiger partial charge in [-0.2, -0.15) is 0 Å². The van der Waals surface area contributed by atoms with Crippen molar-refractivity contribution >= 4 is 17.9 Å². The Kier molecular flexibility index (Phi) is 7.64. The van der Waals surface area contributed by atoms with E-state index in [1.807, 2.05) is 0 Å². The van der Waals surface area contributed by atoms with E-state index in [-0.39, 0.29) is 11.1 Å². The fourth-order valence-electron chi connectivity index (χ4n) is 1.93. The molecule has 7 nitrogen and oxygen atoms in total. The molecule has 0 radical (unpaired) electrons. The summed E-state index contributed by atoms with van der Waals surface area (Å²) < 4.78 is 14.6. The van der Waals surface area contributed by atoms with Gasteiger partial charge in [0.15, 0.2) is 0 Å². The highest BCUT2D eigenvalue weighted by Crippen LogP contribution is 2.13. The van der Waals surface area contributed by atoms with Crippen LogP contribution in [0.25, 0.3) is 0 Å². The quantitative estimate of drug-likeness (QED) is 0.436. The van der Waals surface area contributed by atoms with E-state index in [9.17, 15) is 19.5 Å². The minimum atomic E-state index is -1.20. The van der Waals surface area contributed by atoms with Gasteiger partial charge in [-0.1, -0.05) is 25.6 Å². The topological polar surface area (TPSA) is 99.1 Å². The number of carbonyl (C=O) groups excluding carboxylic acids is 3.